The molecular formula is C38H29BN2O8. The summed E-state index contributed by atoms with van der Waals surface area (Å²) in [5, 5.41) is 0. The SMILES string of the molecule is CC(C)(C)c1cc2c3c(c1)N(c1cccc4c1OCO4)c1c(ccc4c1OCO4)B3c1ccc3c(c1N2c1cccc2c1OCO2)OCO3. The molecule has 5 aromatic carbocycles. The molecule has 6 heterocycles. The number of rotatable bonds is 2. The van der Waals surface area contributed by atoms with E-state index in [1.54, 1.807) is 0 Å². The Labute approximate surface area is 282 Å². The van der Waals surface area contributed by atoms with Crippen molar-refractivity contribution in [2.45, 2.75) is 26.2 Å². The third-order valence-electron chi connectivity index (χ3n) is 10.2. The van der Waals surface area contributed by atoms with E-state index in [2.05, 4.69) is 67.0 Å². The highest BCUT2D eigenvalue weighted by Gasteiger charge is 2.49. The van der Waals surface area contributed by atoms with Crippen molar-refractivity contribution in [3.05, 3.63) is 78.4 Å². The van der Waals surface area contributed by atoms with Crippen molar-refractivity contribution in [2.24, 2.45) is 0 Å². The lowest BCUT2D eigenvalue weighted by Crippen LogP contribution is -2.61. The molecule has 11 heteroatoms. The lowest BCUT2D eigenvalue weighted by Gasteiger charge is -2.45. The molecule has 0 fully saturated rings. The minimum atomic E-state index is -0.216. The molecular weight excluding hydrogens is 623 g/mol. The number of hydrogen-bond donors (Lipinski definition) is 0. The van der Waals surface area contributed by atoms with Gasteiger partial charge < -0.3 is 47.7 Å². The van der Waals surface area contributed by atoms with Crippen LogP contribution in [0.5, 0.6) is 46.0 Å². The van der Waals surface area contributed by atoms with Crippen LogP contribution in [-0.2, 0) is 5.41 Å². The standard InChI is InChI=1S/C38H29BN2O8/c1-38(2,3)20-14-25-31-26(15-20)41(24-7-5-9-28-35(24)47-17-43-28)33-22(11-13-30-37(33)49-19-45-30)39(31)21-10-12-29-36(48-18-44-29)32(21)40(25)23-6-4-8-27-34(23)46-16-42-27/h4-15H,16-19H2,1-3H3. The number of para-hydroxylation sites is 2. The molecule has 0 amide bonds. The van der Waals surface area contributed by atoms with E-state index in [0.717, 1.165) is 56.1 Å². The molecule has 0 saturated heterocycles. The van der Waals surface area contributed by atoms with Gasteiger partial charge in [-0.25, -0.2) is 0 Å². The van der Waals surface area contributed by atoms with Crippen LogP contribution in [0.3, 0.4) is 0 Å². The number of benzene rings is 5. The van der Waals surface area contributed by atoms with E-state index < -0.39 is 0 Å². The second kappa shape index (κ2) is 9.40. The minimum Gasteiger partial charge on any atom is -0.454 e. The highest BCUT2D eigenvalue weighted by atomic mass is 16.7. The van der Waals surface area contributed by atoms with Crippen molar-refractivity contribution in [3.63, 3.8) is 0 Å². The van der Waals surface area contributed by atoms with Crippen molar-refractivity contribution in [1.29, 1.82) is 0 Å². The van der Waals surface area contributed by atoms with Gasteiger partial charge in [-0.15, -0.1) is 0 Å². The fourth-order valence-electron chi connectivity index (χ4n) is 8.00. The van der Waals surface area contributed by atoms with Crippen LogP contribution < -0.4 is 64.1 Å². The summed E-state index contributed by atoms with van der Waals surface area (Å²) in [4.78, 5) is 4.54. The zero-order valence-electron chi connectivity index (χ0n) is 27.0. The van der Waals surface area contributed by atoms with Gasteiger partial charge in [-0.3, -0.25) is 0 Å². The molecule has 0 aromatic heterocycles. The third kappa shape index (κ3) is 3.56. The molecule has 0 spiro atoms. The molecule has 5 aromatic rings. The van der Waals surface area contributed by atoms with Gasteiger partial charge >= 0.3 is 0 Å². The molecule has 10 nitrogen and oxygen atoms in total. The predicted molar refractivity (Wildman–Crippen MR) is 184 cm³/mol. The molecule has 11 rings (SSSR count). The van der Waals surface area contributed by atoms with Crippen molar-refractivity contribution < 1.29 is 37.9 Å². The van der Waals surface area contributed by atoms with E-state index in [-0.39, 0.29) is 39.3 Å². The molecule has 242 valence electrons. The summed E-state index contributed by atoms with van der Waals surface area (Å²) in [6, 6.07) is 25.0. The lowest BCUT2D eigenvalue weighted by molar-refractivity contribution is 0.173. The van der Waals surface area contributed by atoms with Crippen LogP contribution in [0, 0.1) is 0 Å². The van der Waals surface area contributed by atoms with E-state index in [1.807, 2.05) is 36.4 Å². The van der Waals surface area contributed by atoms with Gasteiger partial charge in [0.25, 0.3) is 6.71 Å². The predicted octanol–water partition coefficient (Wildman–Crippen LogP) is 5.98. The first-order valence-electron chi connectivity index (χ1n) is 16.4. The summed E-state index contributed by atoms with van der Waals surface area (Å²) >= 11 is 0. The van der Waals surface area contributed by atoms with Crippen LogP contribution in [0.25, 0.3) is 0 Å². The Morgan fingerprint density at radius 1 is 0.490 bits per heavy atom. The molecule has 49 heavy (non-hydrogen) atoms. The molecule has 0 bridgehead atoms. The molecule has 0 N–H and O–H groups in total. The number of anilines is 6. The van der Waals surface area contributed by atoms with Gasteiger partial charge in [0, 0.05) is 11.4 Å². The molecule has 0 unspecified atom stereocenters. The Morgan fingerprint density at radius 3 is 1.37 bits per heavy atom. The summed E-state index contributed by atoms with van der Waals surface area (Å²) in [5.41, 5.74) is 9.71. The van der Waals surface area contributed by atoms with E-state index in [1.165, 1.54) is 0 Å². The second-order valence-electron chi connectivity index (χ2n) is 13.8. The first-order chi connectivity index (χ1) is 24.0. The van der Waals surface area contributed by atoms with Crippen LogP contribution in [0.4, 0.5) is 34.1 Å². The fourth-order valence-corrected chi connectivity index (χ4v) is 8.00. The van der Waals surface area contributed by atoms with Gasteiger partial charge in [0.1, 0.15) is 0 Å². The summed E-state index contributed by atoms with van der Waals surface area (Å²) in [5.74, 6) is 5.54. The Bertz CT molecular complexity index is 2140. The zero-order valence-corrected chi connectivity index (χ0v) is 27.0. The summed E-state index contributed by atoms with van der Waals surface area (Å²) in [6.07, 6.45) is 0. The van der Waals surface area contributed by atoms with Crippen LogP contribution in [0.1, 0.15) is 26.3 Å². The monoisotopic (exact) mass is 652 g/mol. The maximum absolute atomic E-state index is 6.30. The number of fused-ring (bicyclic) bond motifs is 10. The minimum absolute atomic E-state index is 0.140. The molecule has 6 aliphatic heterocycles. The average molecular weight is 652 g/mol. The van der Waals surface area contributed by atoms with Crippen LogP contribution >= 0.6 is 0 Å². The molecule has 0 saturated carbocycles. The lowest BCUT2D eigenvalue weighted by atomic mass is 9.33. The first kappa shape index (κ1) is 27.2. The van der Waals surface area contributed by atoms with Crippen molar-refractivity contribution in [2.75, 3.05) is 37.0 Å². The van der Waals surface area contributed by atoms with Gasteiger partial charge in [0.05, 0.1) is 22.7 Å². The highest BCUT2D eigenvalue weighted by molar-refractivity contribution is 7.00. The van der Waals surface area contributed by atoms with Gasteiger partial charge in [0.15, 0.2) is 46.0 Å². The average Bonchev–Trinajstić information content (AvgIpc) is 3.93. The molecule has 0 atom stereocenters. The first-order valence-corrected chi connectivity index (χ1v) is 16.4. The third-order valence-corrected chi connectivity index (χ3v) is 10.2. The van der Waals surface area contributed by atoms with Crippen LogP contribution in [0.2, 0.25) is 0 Å². The van der Waals surface area contributed by atoms with Crippen LogP contribution in [-0.4, -0.2) is 33.9 Å². The van der Waals surface area contributed by atoms with Crippen LogP contribution in [0.15, 0.2) is 72.8 Å². The van der Waals surface area contributed by atoms with Crippen molar-refractivity contribution in [1.82, 2.24) is 0 Å². The Hall–Kier alpha value is -5.84. The van der Waals surface area contributed by atoms with Crippen molar-refractivity contribution >= 4 is 57.2 Å². The largest absolute Gasteiger partial charge is 0.454 e. The topological polar surface area (TPSA) is 80.3 Å². The van der Waals surface area contributed by atoms with Gasteiger partial charge in [-0.1, -0.05) is 45.0 Å². The second-order valence-corrected chi connectivity index (χ2v) is 13.8. The quantitative estimate of drug-likeness (QED) is 0.208. The summed E-state index contributed by atoms with van der Waals surface area (Å²) in [6.45, 7) is 7.09. The summed E-state index contributed by atoms with van der Waals surface area (Å²) < 4.78 is 48.7. The maximum Gasteiger partial charge on any atom is 0.252 e. The smallest absolute Gasteiger partial charge is 0.252 e. The Kier molecular flexibility index (Phi) is 5.21. The highest BCUT2D eigenvalue weighted by Crippen LogP contribution is 2.57. The van der Waals surface area contributed by atoms with E-state index in [0.29, 0.717) is 46.0 Å². The van der Waals surface area contributed by atoms with Gasteiger partial charge in [-0.05, 0) is 75.9 Å². The Morgan fingerprint density at radius 2 is 0.918 bits per heavy atom. The van der Waals surface area contributed by atoms with Gasteiger partial charge in [0.2, 0.25) is 27.2 Å². The maximum atomic E-state index is 6.30. The number of hydrogen-bond acceptors (Lipinski definition) is 10. The number of nitrogens with zero attached hydrogens (tertiary/aromatic N) is 2. The number of ether oxygens (including phenoxy) is 8. The summed E-state index contributed by atoms with van der Waals surface area (Å²) in [7, 11) is 0. The zero-order chi connectivity index (χ0) is 32.6. The fraction of sp³-hybridized carbons (Fsp3) is 0.211. The van der Waals surface area contributed by atoms with E-state index >= 15 is 0 Å². The molecule has 6 aliphatic rings. The normalized spacial score (nSPS) is 16.5. The van der Waals surface area contributed by atoms with Gasteiger partial charge in [-0.2, -0.15) is 0 Å². The molecule has 0 aliphatic carbocycles. The van der Waals surface area contributed by atoms with Crippen molar-refractivity contribution in [3.8, 4) is 46.0 Å². The Balaban J connectivity index is 1.30. The van der Waals surface area contributed by atoms with E-state index in [9.17, 15) is 0 Å². The van der Waals surface area contributed by atoms with E-state index in [4.69, 9.17) is 37.9 Å². The molecule has 0 radical (unpaired) electrons.